The lowest BCUT2D eigenvalue weighted by atomic mass is 10.2. The maximum Gasteiger partial charge on any atom is 0.338 e. The van der Waals surface area contributed by atoms with Gasteiger partial charge in [-0.1, -0.05) is 17.3 Å². The number of nitro groups is 1. The molecule has 27 heavy (non-hydrogen) atoms. The average molecular weight is 366 g/mol. The van der Waals surface area contributed by atoms with E-state index in [9.17, 15) is 20.0 Å². The van der Waals surface area contributed by atoms with Crippen molar-refractivity contribution in [2.45, 2.75) is 20.8 Å². The van der Waals surface area contributed by atoms with Crippen molar-refractivity contribution in [1.82, 2.24) is 9.72 Å². The van der Waals surface area contributed by atoms with Crippen LogP contribution in [-0.4, -0.2) is 20.6 Å². The quantitative estimate of drug-likeness (QED) is 0.507. The van der Waals surface area contributed by atoms with Crippen LogP contribution in [0, 0.1) is 30.9 Å². The highest BCUT2D eigenvalue weighted by atomic mass is 16.6. The molecule has 3 rings (SSSR count). The minimum Gasteiger partial charge on any atom is -0.545 e. The number of carbonyl (C=O) groups is 1. The molecular formula is C19H16N3O5-. The fourth-order valence-electron chi connectivity index (χ4n) is 2.98. The number of hydrogen-bond donors (Lipinski definition) is 0. The van der Waals surface area contributed by atoms with Gasteiger partial charge in [-0.25, -0.2) is 0 Å². The van der Waals surface area contributed by atoms with Crippen LogP contribution in [0.1, 0.15) is 38.8 Å². The summed E-state index contributed by atoms with van der Waals surface area (Å²) < 4.78 is 6.99. The van der Waals surface area contributed by atoms with Crippen LogP contribution < -0.4 is 5.11 Å². The Morgan fingerprint density at radius 3 is 2.44 bits per heavy atom. The minimum atomic E-state index is -1.23. The Balaban J connectivity index is 1.97. The number of rotatable bonds is 5. The molecule has 0 saturated heterocycles. The van der Waals surface area contributed by atoms with E-state index in [-0.39, 0.29) is 22.7 Å². The van der Waals surface area contributed by atoms with Crippen LogP contribution in [0.25, 0.3) is 17.8 Å². The Bertz CT molecular complexity index is 1060. The van der Waals surface area contributed by atoms with Crippen molar-refractivity contribution in [2.24, 2.45) is 0 Å². The van der Waals surface area contributed by atoms with Gasteiger partial charge in [0.2, 0.25) is 5.76 Å². The van der Waals surface area contributed by atoms with E-state index in [2.05, 4.69) is 5.16 Å². The number of aromatic carboxylic acids is 1. The molecule has 0 N–H and O–H groups in total. The molecule has 0 aliphatic heterocycles. The van der Waals surface area contributed by atoms with Gasteiger partial charge in [-0.3, -0.25) is 10.1 Å². The molecule has 0 atom stereocenters. The zero-order valence-corrected chi connectivity index (χ0v) is 14.9. The van der Waals surface area contributed by atoms with Gasteiger partial charge in [0.15, 0.2) is 5.69 Å². The van der Waals surface area contributed by atoms with Gasteiger partial charge in [0, 0.05) is 17.1 Å². The summed E-state index contributed by atoms with van der Waals surface area (Å²) in [5.41, 5.74) is 3.64. The third-order valence-electron chi connectivity index (χ3n) is 4.29. The SMILES string of the molecule is Cc1noc(/C=C/c2cc(C)n(-c3ccc(C(=O)[O-])cc3)c2C)c1[N+](=O)[O-]. The summed E-state index contributed by atoms with van der Waals surface area (Å²) in [4.78, 5) is 21.5. The fourth-order valence-corrected chi connectivity index (χ4v) is 2.98. The molecule has 0 spiro atoms. The minimum absolute atomic E-state index is 0.0839. The van der Waals surface area contributed by atoms with Gasteiger partial charge in [0.25, 0.3) is 0 Å². The molecule has 0 saturated carbocycles. The normalized spacial score (nSPS) is 11.2. The first kappa shape index (κ1) is 18.1. The second-order valence-corrected chi connectivity index (χ2v) is 6.07. The number of nitrogens with zero attached hydrogens (tertiary/aromatic N) is 3. The number of benzene rings is 1. The van der Waals surface area contributed by atoms with E-state index in [4.69, 9.17) is 4.52 Å². The molecule has 0 unspecified atom stereocenters. The van der Waals surface area contributed by atoms with E-state index in [0.717, 1.165) is 22.6 Å². The van der Waals surface area contributed by atoms with Crippen molar-refractivity contribution in [3.05, 3.63) is 74.4 Å². The zero-order chi connectivity index (χ0) is 19.7. The van der Waals surface area contributed by atoms with E-state index in [1.807, 2.05) is 24.5 Å². The van der Waals surface area contributed by atoms with Crippen LogP contribution in [0.3, 0.4) is 0 Å². The highest BCUT2D eigenvalue weighted by Crippen LogP contribution is 2.27. The molecule has 2 heterocycles. The van der Waals surface area contributed by atoms with Gasteiger partial charge in [-0.05, 0) is 62.2 Å². The highest BCUT2D eigenvalue weighted by Gasteiger charge is 2.22. The molecule has 3 aromatic rings. The Kier molecular flexibility index (Phi) is 4.64. The highest BCUT2D eigenvalue weighted by molar-refractivity contribution is 5.86. The van der Waals surface area contributed by atoms with E-state index in [1.54, 1.807) is 18.2 Å². The number of hydrogen-bond acceptors (Lipinski definition) is 6. The van der Waals surface area contributed by atoms with Gasteiger partial charge >= 0.3 is 5.69 Å². The lowest BCUT2D eigenvalue weighted by molar-refractivity contribution is -0.386. The third-order valence-corrected chi connectivity index (χ3v) is 4.29. The van der Waals surface area contributed by atoms with Gasteiger partial charge < -0.3 is 19.0 Å². The Hall–Kier alpha value is -3.68. The van der Waals surface area contributed by atoms with E-state index >= 15 is 0 Å². The van der Waals surface area contributed by atoms with Crippen molar-refractivity contribution < 1.29 is 19.3 Å². The molecule has 0 fully saturated rings. The molecule has 0 bridgehead atoms. The second-order valence-electron chi connectivity index (χ2n) is 6.07. The standard InChI is InChI=1S/C19H17N3O5/c1-11-10-15(6-9-17-18(22(25)26)12(2)20-27-17)13(3)21(11)16-7-4-14(5-8-16)19(23)24/h4-10H,1-3H3,(H,23,24)/p-1/b9-6+. The molecule has 0 radical (unpaired) electrons. The third kappa shape index (κ3) is 3.37. The molecule has 8 heteroatoms. The molecular weight excluding hydrogens is 350 g/mol. The van der Waals surface area contributed by atoms with E-state index in [1.165, 1.54) is 25.1 Å². The fraction of sp³-hybridized carbons (Fsp3) is 0.158. The van der Waals surface area contributed by atoms with Gasteiger partial charge in [-0.15, -0.1) is 0 Å². The van der Waals surface area contributed by atoms with Crippen molar-refractivity contribution in [3.8, 4) is 5.69 Å². The first-order valence-electron chi connectivity index (χ1n) is 8.09. The second kappa shape index (κ2) is 6.91. The molecule has 1 aromatic carbocycles. The van der Waals surface area contributed by atoms with Gasteiger partial charge in [0.05, 0.1) is 10.9 Å². The van der Waals surface area contributed by atoms with Crippen LogP contribution in [0.15, 0.2) is 34.9 Å². The van der Waals surface area contributed by atoms with Crippen molar-refractivity contribution in [3.63, 3.8) is 0 Å². The smallest absolute Gasteiger partial charge is 0.338 e. The number of aryl methyl sites for hydroxylation is 2. The van der Waals surface area contributed by atoms with E-state index in [0.29, 0.717) is 0 Å². The molecule has 0 aliphatic carbocycles. The summed E-state index contributed by atoms with van der Waals surface area (Å²) in [6.45, 7) is 5.33. The monoisotopic (exact) mass is 366 g/mol. The molecule has 0 aliphatic rings. The lowest BCUT2D eigenvalue weighted by Crippen LogP contribution is -2.22. The summed E-state index contributed by atoms with van der Waals surface area (Å²) in [6, 6.07) is 8.29. The Morgan fingerprint density at radius 1 is 1.19 bits per heavy atom. The maximum absolute atomic E-state index is 11.1. The number of carbonyl (C=O) groups excluding carboxylic acids is 1. The first-order chi connectivity index (χ1) is 12.8. The number of carboxylic acid groups (broad SMARTS) is 1. The number of carboxylic acids is 1. The lowest BCUT2D eigenvalue weighted by Gasteiger charge is -2.11. The summed E-state index contributed by atoms with van der Waals surface area (Å²) >= 11 is 0. The van der Waals surface area contributed by atoms with Gasteiger partial charge in [0.1, 0.15) is 0 Å². The molecule has 138 valence electrons. The largest absolute Gasteiger partial charge is 0.545 e. The van der Waals surface area contributed by atoms with Crippen LogP contribution in [0.4, 0.5) is 5.69 Å². The average Bonchev–Trinajstić information content (AvgIpc) is 3.12. The number of aromatic nitrogens is 2. The van der Waals surface area contributed by atoms with Crippen LogP contribution >= 0.6 is 0 Å². The maximum atomic E-state index is 11.1. The van der Waals surface area contributed by atoms with E-state index < -0.39 is 10.9 Å². The summed E-state index contributed by atoms with van der Waals surface area (Å²) in [5.74, 6) is -1.14. The molecule has 2 aromatic heterocycles. The van der Waals surface area contributed by atoms with Crippen molar-refractivity contribution in [1.29, 1.82) is 0 Å². The predicted octanol–water partition coefficient (Wildman–Crippen LogP) is 2.83. The summed E-state index contributed by atoms with van der Waals surface area (Å²) in [7, 11) is 0. The van der Waals surface area contributed by atoms with Crippen molar-refractivity contribution in [2.75, 3.05) is 0 Å². The topological polar surface area (TPSA) is 114 Å². The van der Waals surface area contributed by atoms with Crippen LogP contribution in [0.5, 0.6) is 0 Å². The molecule has 0 amide bonds. The first-order valence-corrected chi connectivity index (χ1v) is 8.09. The van der Waals surface area contributed by atoms with Crippen molar-refractivity contribution >= 4 is 23.8 Å². The Morgan fingerprint density at radius 2 is 1.85 bits per heavy atom. The van der Waals surface area contributed by atoms with Crippen LogP contribution in [0.2, 0.25) is 0 Å². The summed E-state index contributed by atoms with van der Waals surface area (Å²) in [6.07, 6.45) is 3.24. The van der Waals surface area contributed by atoms with Crippen LogP contribution in [-0.2, 0) is 0 Å². The Labute approximate surface area is 154 Å². The predicted molar refractivity (Wildman–Crippen MR) is 96.4 cm³/mol. The van der Waals surface area contributed by atoms with Gasteiger partial charge in [-0.2, -0.15) is 0 Å². The molecule has 8 nitrogen and oxygen atoms in total. The zero-order valence-electron chi connectivity index (χ0n) is 14.9. The summed E-state index contributed by atoms with van der Waals surface area (Å²) in [5, 5.41) is 25.7.